The summed E-state index contributed by atoms with van der Waals surface area (Å²) in [5.41, 5.74) is 2.96. The maximum absolute atomic E-state index is 5.92. The number of anilines is 2. The summed E-state index contributed by atoms with van der Waals surface area (Å²) >= 11 is 14.7. The predicted molar refractivity (Wildman–Crippen MR) is 90.2 cm³/mol. The minimum Gasteiger partial charge on any atom is -0.332 e. The average molecular weight is 356 g/mol. The van der Waals surface area contributed by atoms with Gasteiger partial charge in [-0.3, -0.25) is 0 Å². The molecule has 2 aromatic rings. The van der Waals surface area contributed by atoms with Gasteiger partial charge < -0.3 is 10.6 Å². The topological polar surface area (TPSA) is 24.1 Å². The summed E-state index contributed by atoms with van der Waals surface area (Å²) in [6, 6.07) is 13.4. The molecule has 0 aliphatic rings. The van der Waals surface area contributed by atoms with E-state index in [9.17, 15) is 0 Å². The Morgan fingerprint density at radius 2 is 1.95 bits per heavy atom. The summed E-state index contributed by atoms with van der Waals surface area (Å²) in [6.45, 7) is 2.04. The molecule has 0 atom stereocenters. The van der Waals surface area contributed by atoms with Crippen molar-refractivity contribution in [2.45, 2.75) is 6.92 Å². The van der Waals surface area contributed by atoms with Gasteiger partial charge in [0.25, 0.3) is 0 Å². The zero-order chi connectivity index (χ0) is 13.8. The van der Waals surface area contributed by atoms with E-state index in [1.807, 2.05) is 49.4 Å². The monoisotopic (exact) mass is 354 g/mol. The molecule has 0 bridgehead atoms. The number of aryl methyl sites for hydroxylation is 1. The molecule has 2 nitrogen and oxygen atoms in total. The van der Waals surface area contributed by atoms with Gasteiger partial charge in [-0.05, 0) is 71.0 Å². The first kappa shape index (κ1) is 14.3. The highest BCUT2D eigenvalue weighted by Crippen LogP contribution is 2.23. The summed E-state index contributed by atoms with van der Waals surface area (Å²) in [5, 5.41) is 7.41. The van der Waals surface area contributed by atoms with Crippen molar-refractivity contribution in [2.75, 3.05) is 10.6 Å². The summed E-state index contributed by atoms with van der Waals surface area (Å²) < 4.78 is 0.975. The summed E-state index contributed by atoms with van der Waals surface area (Å²) in [7, 11) is 0. The van der Waals surface area contributed by atoms with Crippen LogP contribution < -0.4 is 10.6 Å². The van der Waals surface area contributed by atoms with E-state index in [0.29, 0.717) is 10.1 Å². The molecule has 0 radical (unpaired) electrons. The fraction of sp³-hybridized carbons (Fsp3) is 0.0714. The van der Waals surface area contributed by atoms with Gasteiger partial charge in [-0.2, -0.15) is 0 Å². The van der Waals surface area contributed by atoms with Gasteiger partial charge in [-0.1, -0.05) is 23.7 Å². The van der Waals surface area contributed by atoms with Gasteiger partial charge in [0.2, 0.25) is 0 Å². The normalized spacial score (nSPS) is 10.1. The zero-order valence-corrected chi connectivity index (χ0v) is 13.4. The lowest BCUT2D eigenvalue weighted by Gasteiger charge is -2.12. The average Bonchev–Trinajstić information content (AvgIpc) is 2.33. The van der Waals surface area contributed by atoms with Crippen LogP contribution in [0.2, 0.25) is 5.02 Å². The van der Waals surface area contributed by atoms with Gasteiger partial charge in [-0.25, -0.2) is 0 Å². The van der Waals surface area contributed by atoms with Gasteiger partial charge in [0, 0.05) is 15.2 Å². The second-order valence-electron chi connectivity index (χ2n) is 4.07. The molecule has 0 aliphatic carbocycles. The van der Waals surface area contributed by atoms with E-state index in [0.717, 1.165) is 15.8 Å². The number of hydrogen-bond donors (Lipinski definition) is 2. The molecule has 0 saturated heterocycles. The van der Waals surface area contributed by atoms with Crippen molar-refractivity contribution in [1.29, 1.82) is 0 Å². The van der Waals surface area contributed by atoms with Crippen LogP contribution in [-0.4, -0.2) is 5.11 Å². The lowest BCUT2D eigenvalue weighted by Crippen LogP contribution is -2.19. The van der Waals surface area contributed by atoms with Gasteiger partial charge >= 0.3 is 0 Å². The fourth-order valence-electron chi connectivity index (χ4n) is 1.57. The molecule has 0 aliphatic heterocycles. The van der Waals surface area contributed by atoms with Crippen LogP contribution in [0.3, 0.4) is 0 Å². The lowest BCUT2D eigenvalue weighted by molar-refractivity contribution is 1.44. The van der Waals surface area contributed by atoms with E-state index in [1.54, 1.807) is 0 Å². The van der Waals surface area contributed by atoms with Crippen molar-refractivity contribution in [3.05, 3.63) is 57.5 Å². The summed E-state index contributed by atoms with van der Waals surface area (Å²) in [6.07, 6.45) is 0. The predicted octanol–water partition coefficient (Wildman–Crippen LogP) is 5.22. The van der Waals surface area contributed by atoms with Gasteiger partial charge in [0.05, 0.1) is 5.69 Å². The van der Waals surface area contributed by atoms with Crippen molar-refractivity contribution in [2.24, 2.45) is 0 Å². The third-order valence-electron chi connectivity index (χ3n) is 2.46. The lowest BCUT2D eigenvalue weighted by atomic mass is 10.2. The molecule has 0 unspecified atom stereocenters. The van der Waals surface area contributed by atoms with E-state index in [4.69, 9.17) is 23.8 Å². The molecule has 0 amide bonds. The van der Waals surface area contributed by atoms with E-state index >= 15 is 0 Å². The SMILES string of the molecule is Cc1ccc(NC(=S)Nc2cccc(Cl)c2)c(Br)c1. The summed E-state index contributed by atoms with van der Waals surface area (Å²) in [4.78, 5) is 0. The molecular weight excluding hydrogens is 344 g/mol. The number of benzene rings is 2. The molecule has 98 valence electrons. The molecule has 19 heavy (non-hydrogen) atoms. The Hall–Kier alpha value is -1.10. The van der Waals surface area contributed by atoms with Crippen molar-refractivity contribution in [3.63, 3.8) is 0 Å². The van der Waals surface area contributed by atoms with Crippen molar-refractivity contribution in [3.8, 4) is 0 Å². The second kappa shape index (κ2) is 6.37. The van der Waals surface area contributed by atoms with Crippen molar-refractivity contribution in [1.82, 2.24) is 0 Å². The molecule has 0 spiro atoms. The Morgan fingerprint density at radius 3 is 2.63 bits per heavy atom. The highest BCUT2D eigenvalue weighted by Gasteiger charge is 2.03. The third kappa shape index (κ3) is 4.20. The minimum absolute atomic E-state index is 0.520. The minimum atomic E-state index is 0.520. The largest absolute Gasteiger partial charge is 0.332 e. The van der Waals surface area contributed by atoms with Crippen molar-refractivity contribution < 1.29 is 0 Å². The van der Waals surface area contributed by atoms with Crippen LogP contribution in [0.25, 0.3) is 0 Å². The van der Waals surface area contributed by atoms with Crippen LogP contribution >= 0.6 is 39.7 Å². The van der Waals surface area contributed by atoms with Crippen LogP contribution in [0.4, 0.5) is 11.4 Å². The Kier molecular flexibility index (Phi) is 4.80. The Balaban J connectivity index is 2.05. The zero-order valence-electron chi connectivity index (χ0n) is 10.2. The first-order valence-electron chi connectivity index (χ1n) is 5.64. The number of halogens is 2. The van der Waals surface area contributed by atoms with Crippen LogP contribution in [0, 0.1) is 6.92 Å². The maximum Gasteiger partial charge on any atom is 0.175 e. The second-order valence-corrected chi connectivity index (χ2v) is 5.77. The molecule has 0 fully saturated rings. The third-order valence-corrected chi connectivity index (χ3v) is 3.55. The standard InChI is InChI=1S/C14H12BrClN2S/c1-9-5-6-13(12(15)7-9)18-14(19)17-11-4-2-3-10(16)8-11/h2-8H,1H3,(H2,17,18,19). The van der Waals surface area contributed by atoms with E-state index in [-0.39, 0.29) is 0 Å². The smallest absolute Gasteiger partial charge is 0.175 e. The number of hydrogen-bond acceptors (Lipinski definition) is 1. The van der Waals surface area contributed by atoms with Gasteiger partial charge in [0.15, 0.2) is 5.11 Å². The van der Waals surface area contributed by atoms with E-state index in [1.165, 1.54) is 5.56 Å². The van der Waals surface area contributed by atoms with Crippen LogP contribution in [0.15, 0.2) is 46.9 Å². The molecule has 5 heteroatoms. The molecule has 0 saturated carbocycles. The van der Waals surface area contributed by atoms with E-state index < -0.39 is 0 Å². The highest BCUT2D eigenvalue weighted by molar-refractivity contribution is 9.10. The number of rotatable bonds is 2. The van der Waals surface area contributed by atoms with Crippen LogP contribution in [-0.2, 0) is 0 Å². The molecule has 0 heterocycles. The Morgan fingerprint density at radius 1 is 1.16 bits per heavy atom. The quantitative estimate of drug-likeness (QED) is 0.722. The number of nitrogens with one attached hydrogen (secondary N) is 2. The first-order chi connectivity index (χ1) is 9.04. The first-order valence-corrected chi connectivity index (χ1v) is 7.22. The van der Waals surface area contributed by atoms with Crippen molar-refractivity contribution >= 4 is 56.2 Å². The van der Waals surface area contributed by atoms with Crippen LogP contribution in [0.1, 0.15) is 5.56 Å². The molecule has 2 rings (SSSR count). The fourth-order valence-corrected chi connectivity index (χ4v) is 2.58. The molecule has 2 aromatic carbocycles. The van der Waals surface area contributed by atoms with E-state index in [2.05, 4.69) is 26.6 Å². The maximum atomic E-state index is 5.92. The molecule has 0 aromatic heterocycles. The molecule has 2 N–H and O–H groups in total. The Labute approximate surface area is 131 Å². The van der Waals surface area contributed by atoms with Crippen LogP contribution in [0.5, 0.6) is 0 Å². The summed E-state index contributed by atoms with van der Waals surface area (Å²) in [5.74, 6) is 0. The molecular formula is C14H12BrClN2S. The Bertz CT molecular complexity index is 616. The van der Waals surface area contributed by atoms with Gasteiger partial charge in [-0.15, -0.1) is 0 Å². The van der Waals surface area contributed by atoms with Gasteiger partial charge in [0.1, 0.15) is 0 Å². The highest BCUT2D eigenvalue weighted by atomic mass is 79.9. The number of thiocarbonyl (C=S) groups is 1.